The number of carbonyl (C=O) groups excluding carboxylic acids is 1. The number of piperidine rings is 1. The predicted octanol–water partition coefficient (Wildman–Crippen LogP) is 1.06. The quantitative estimate of drug-likeness (QED) is 0.885. The van der Waals surface area contributed by atoms with Crippen LogP contribution in [0.15, 0.2) is 0 Å². The van der Waals surface area contributed by atoms with Crippen molar-refractivity contribution in [1.82, 2.24) is 15.1 Å². The van der Waals surface area contributed by atoms with Crippen LogP contribution in [0, 0.1) is 0 Å². The number of hydrogen-bond donors (Lipinski definition) is 1. The van der Waals surface area contributed by atoms with Gasteiger partial charge in [-0.25, -0.2) is 4.68 Å². The first kappa shape index (κ1) is 13.7. The highest BCUT2D eigenvalue weighted by Gasteiger charge is 2.23. The Kier molecular flexibility index (Phi) is 4.29. The molecule has 1 aromatic heterocycles. The lowest BCUT2D eigenvalue weighted by molar-refractivity contribution is -0.119. The van der Waals surface area contributed by atoms with E-state index in [-0.39, 0.29) is 5.91 Å². The summed E-state index contributed by atoms with van der Waals surface area (Å²) in [4.78, 5) is 13.4. The molecule has 1 aliphatic rings. The standard InChI is InChI=1S/C13H22N4O2/c1-10(18)14-9-11-12(19-3)15-16(2)13(11)17-7-5-4-6-8-17/h4-9H2,1-3H3,(H,14,18). The van der Waals surface area contributed by atoms with E-state index in [0.717, 1.165) is 24.5 Å². The Bertz CT molecular complexity index is 450. The average molecular weight is 266 g/mol. The number of aromatic nitrogens is 2. The second-order valence-electron chi connectivity index (χ2n) is 4.89. The van der Waals surface area contributed by atoms with Gasteiger partial charge in [0.1, 0.15) is 5.82 Å². The largest absolute Gasteiger partial charge is 0.480 e. The fourth-order valence-corrected chi connectivity index (χ4v) is 2.57. The van der Waals surface area contributed by atoms with Gasteiger partial charge in [-0.3, -0.25) is 4.79 Å². The van der Waals surface area contributed by atoms with Crippen LogP contribution in [0.3, 0.4) is 0 Å². The number of ether oxygens (including phenoxy) is 1. The van der Waals surface area contributed by atoms with Gasteiger partial charge in [0, 0.05) is 27.1 Å². The lowest BCUT2D eigenvalue weighted by Gasteiger charge is -2.29. The first-order valence-electron chi connectivity index (χ1n) is 6.72. The van der Waals surface area contributed by atoms with Gasteiger partial charge in [0.05, 0.1) is 19.2 Å². The van der Waals surface area contributed by atoms with E-state index in [2.05, 4.69) is 15.3 Å². The molecule has 2 heterocycles. The molecule has 0 aromatic carbocycles. The lowest BCUT2D eigenvalue weighted by Crippen LogP contribution is -2.32. The number of amides is 1. The zero-order valence-electron chi connectivity index (χ0n) is 11.9. The summed E-state index contributed by atoms with van der Waals surface area (Å²) < 4.78 is 7.17. The Morgan fingerprint density at radius 3 is 2.63 bits per heavy atom. The summed E-state index contributed by atoms with van der Waals surface area (Å²) in [6.07, 6.45) is 3.69. The molecular weight excluding hydrogens is 244 g/mol. The number of anilines is 1. The maximum absolute atomic E-state index is 11.1. The number of nitrogens with zero attached hydrogens (tertiary/aromatic N) is 3. The Morgan fingerprint density at radius 1 is 1.37 bits per heavy atom. The van der Waals surface area contributed by atoms with Crippen LogP contribution in [0.4, 0.5) is 5.82 Å². The van der Waals surface area contributed by atoms with Crippen molar-refractivity contribution in [3.63, 3.8) is 0 Å². The van der Waals surface area contributed by atoms with E-state index in [1.165, 1.54) is 26.2 Å². The molecule has 19 heavy (non-hydrogen) atoms. The smallest absolute Gasteiger partial charge is 0.239 e. The van der Waals surface area contributed by atoms with Crippen molar-refractivity contribution in [2.24, 2.45) is 7.05 Å². The van der Waals surface area contributed by atoms with Crippen molar-refractivity contribution in [2.75, 3.05) is 25.1 Å². The van der Waals surface area contributed by atoms with Crippen molar-refractivity contribution < 1.29 is 9.53 Å². The van der Waals surface area contributed by atoms with Crippen LogP contribution in [0.5, 0.6) is 5.88 Å². The zero-order chi connectivity index (χ0) is 13.8. The predicted molar refractivity (Wildman–Crippen MR) is 73.3 cm³/mol. The maximum Gasteiger partial charge on any atom is 0.239 e. The Hall–Kier alpha value is -1.72. The van der Waals surface area contributed by atoms with Gasteiger partial charge in [-0.1, -0.05) is 0 Å². The van der Waals surface area contributed by atoms with Gasteiger partial charge in [0.25, 0.3) is 0 Å². The fourth-order valence-electron chi connectivity index (χ4n) is 2.57. The first-order valence-corrected chi connectivity index (χ1v) is 6.72. The molecule has 0 aliphatic carbocycles. The van der Waals surface area contributed by atoms with Crippen LogP contribution in [0.2, 0.25) is 0 Å². The van der Waals surface area contributed by atoms with Crippen molar-refractivity contribution in [1.29, 1.82) is 0 Å². The molecular formula is C13H22N4O2. The molecule has 0 spiro atoms. The SMILES string of the molecule is COc1nn(C)c(N2CCCCC2)c1CNC(C)=O. The normalized spacial score (nSPS) is 15.4. The van der Waals surface area contributed by atoms with Crippen molar-refractivity contribution in [2.45, 2.75) is 32.7 Å². The minimum atomic E-state index is -0.0458. The Morgan fingerprint density at radius 2 is 2.05 bits per heavy atom. The molecule has 1 fully saturated rings. The number of aryl methyl sites for hydroxylation is 1. The molecule has 0 unspecified atom stereocenters. The molecule has 6 nitrogen and oxygen atoms in total. The molecule has 1 N–H and O–H groups in total. The number of hydrogen-bond acceptors (Lipinski definition) is 4. The van der Waals surface area contributed by atoms with Gasteiger partial charge >= 0.3 is 0 Å². The molecule has 0 saturated carbocycles. The van der Waals surface area contributed by atoms with Gasteiger partial charge in [-0.05, 0) is 19.3 Å². The lowest BCUT2D eigenvalue weighted by atomic mass is 10.1. The number of rotatable bonds is 4. The summed E-state index contributed by atoms with van der Waals surface area (Å²) in [5.41, 5.74) is 0.960. The highest BCUT2D eigenvalue weighted by atomic mass is 16.5. The van der Waals surface area contributed by atoms with Crippen LogP contribution in [-0.2, 0) is 18.4 Å². The van der Waals surface area contributed by atoms with Crippen molar-refractivity contribution in [3.8, 4) is 5.88 Å². The highest BCUT2D eigenvalue weighted by molar-refractivity contribution is 5.73. The van der Waals surface area contributed by atoms with Gasteiger partial charge in [-0.2, -0.15) is 0 Å². The molecule has 1 saturated heterocycles. The van der Waals surface area contributed by atoms with E-state index >= 15 is 0 Å². The highest BCUT2D eigenvalue weighted by Crippen LogP contribution is 2.30. The Balaban J connectivity index is 2.28. The van der Waals surface area contributed by atoms with Crippen LogP contribution >= 0.6 is 0 Å². The molecule has 0 radical (unpaired) electrons. The van der Waals surface area contributed by atoms with Gasteiger partial charge < -0.3 is 15.0 Å². The number of nitrogens with one attached hydrogen (secondary N) is 1. The molecule has 1 amide bonds. The van der Waals surface area contributed by atoms with E-state index in [1.54, 1.807) is 7.11 Å². The summed E-state index contributed by atoms with van der Waals surface area (Å²) in [5.74, 6) is 1.61. The minimum absolute atomic E-state index is 0.0458. The van der Waals surface area contributed by atoms with E-state index in [9.17, 15) is 4.79 Å². The minimum Gasteiger partial charge on any atom is -0.480 e. The summed E-state index contributed by atoms with van der Waals surface area (Å²) in [6, 6.07) is 0. The van der Waals surface area contributed by atoms with Crippen LogP contribution in [0.1, 0.15) is 31.7 Å². The second kappa shape index (κ2) is 5.95. The Labute approximate surface area is 113 Å². The third kappa shape index (κ3) is 3.00. The van der Waals surface area contributed by atoms with Crippen LogP contribution in [-0.4, -0.2) is 35.9 Å². The van der Waals surface area contributed by atoms with E-state index in [4.69, 9.17) is 4.74 Å². The summed E-state index contributed by atoms with van der Waals surface area (Å²) in [5, 5.41) is 7.21. The first-order chi connectivity index (χ1) is 9.13. The van der Waals surface area contributed by atoms with Gasteiger partial charge in [0.2, 0.25) is 11.8 Å². The molecule has 1 aliphatic heterocycles. The van der Waals surface area contributed by atoms with Crippen LogP contribution < -0.4 is 15.0 Å². The van der Waals surface area contributed by atoms with Gasteiger partial charge in [0.15, 0.2) is 0 Å². The fraction of sp³-hybridized carbons (Fsp3) is 0.692. The molecule has 6 heteroatoms. The van der Waals surface area contributed by atoms with Crippen molar-refractivity contribution >= 4 is 11.7 Å². The molecule has 2 rings (SSSR count). The van der Waals surface area contributed by atoms with E-state index in [0.29, 0.717) is 12.4 Å². The molecule has 106 valence electrons. The van der Waals surface area contributed by atoms with Crippen molar-refractivity contribution in [3.05, 3.63) is 5.56 Å². The summed E-state index contributed by atoms with van der Waals surface area (Å²) in [6.45, 7) is 4.05. The third-order valence-corrected chi connectivity index (χ3v) is 3.44. The topological polar surface area (TPSA) is 59.4 Å². The second-order valence-corrected chi connectivity index (χ2v) is 4.89. The monoisotopic (exact) mass is 266 g/mol. The number of carbonyl (C=O) groups is 1. The molecule has 0 atom stereocenters. The number of methoxy groups -OCH3 is 1. The summed E-state index contributed by atoms with van der Waals surface area (Å²) in [7, 11) is 3.53. The van der Waals surface area contributed by atoms with E-state index in [1.807, 2.05) is 11.7 Å². The van der Waals surface area contributed by atoms with Crippen LogP contribution in [0.25, 0.3) is 0 Å². The van der Waals surface area contributed by atoms with E-state index < -0.39 is 0 Å². The zero-order valence-corrected chi connectivity index (χ0v) is 11.9. The molecule has 1 aromatic rings. The molecule has 0 bridgehead atoms. The third-order valence-electron chi connectivity index (χ3n) is 3.44. The van der Waals surface area contributed by atoms with Gasteiger partial charge in [-0.15, -0.1) is 5.10 Å². The average Bonchev–Trinajstić information content (AvgIpc) is 2.73. The summed E-state index contributed by atoms with van der Waals surface area (Å²) >= 11 is 0. The maximum atomic E-state index is 11.1.